The number of anilines is 2. The first-order valence-electron chi connectivity index (χ1n) is 10.5. The zero-order valence-corrected chi connectivity index (χ0v) is 19.3. The molecule has 1 aliphatic rings. The normalized spacial score (nSPS) is 14.8. The number of likely N-dealkylation sites (tertiary alicyclic amines) is 1. The fourth-order valence-electron chi connectivity index (χ4n) is 3.27. The summed E-state index contributed by atoms with van der Waals surface area (Å²) in [4.78, 5) is 39.8. The van der Waals surface area contributed by atoms with Crippen molar-refractivity contribution in [1.82, 2.24) is 10.2 Å². The lowest BCUT2D eigenvalue weighted by Crippen LogP contribution is -2.47. The van der Waals surface area contributed by atoms with Gasteiger partial charge in [-0.2, -0.15) is 0 Å². The van der Waals surface area contributed by atoms with Gasteiger partial charge in [-0.3, -0.25) is 9.59 Å². The van der Waals surface area contributed by atoms with Gasteiger partial charge in [0.15, 0.2) is 0 Å². The summed E-state index contributed by atoms with van der Waals surface area (Å²) in [6, 6.07) is 11.1. The Morgan fingerprint density at radius 2 is 1.68 bits per heavy atom. The summed E-state index contributed by atoms with van der Waals surface area (Å²) in [6.07, 6.45) is 1.40. The molecule has 31 heavy (non-hydrogen) atoms. The Kier molecular flexibility index (Phi) is 7.00. The van der Waals surface area contributed by atoms with Crippen molar-refractivity contribution in [1.29, 1.82) is 0 Å². The summed E-state index contributed by atoms with van der Waals surface area (Å²) < 4.78 is 0. The fourth-order valence-corrected chi connectivity index (χ4v) is 4.24. The molecule has 1 saturated heterocycles. The van der Waals surface area contributed by atoms with E-state index in [1.54, 1.807) is 4.90 Å². The van der Waals surface area contributed by atoms with Crippen LogP contribution in [0.3, 0.4) is 0 Å². The SMILES string of the molecule is Cc1cc(NC(=O)C(C)(C)C)sc1C(=O)NC1CCN(C(=O)Nc2ccccc2)CC1. The third-order valence-corrected chi connectivity index (χ3v) is 6.34. The Bertz CT molecular complexity index is 941. The van der Waals surface area contributed by atoms with Gasteiger partial charge in [0.05, 0.1) is 9.88 Å². The van der Waals surface area contributed by atoms with Gasteiger partial charge in [0.1, 0.15) is 0 Å². The Labute approximate surface area is 187 Å². The fraction of sp³-hybridized carbons (Fsp3) is 0.435. The molecule has 7 nitrogen and oxygen atoms in total. The third-order valence-electron chi connectivity index (χ3n) is 5.18. The number of hydrogen-bond donors (Lipinski definition) is 3. The standard InChI is InChI=1S/C23H30N4O3S/c1-15-14-18(26-21(29)23(2,3)4)31-19(15)20(28)24-17-10-12-27(13-11-17)22(30)25-16-8-6-5-7-9-16/h5-9,14,17H,10-13H2,1-4H3,(H,24,28)(H,25,30)(H,26,29). The highest BCUT2D eigenvalue weighted by Gasteiger charge is 2.26. The average Bonchev–Trinajstić information content (AvgIpc) is 3.08. The molecule has 1 aliphatic heterocycles. The zero-order valence-electron chi connectivity index (χ0n) is 18.5. The van der Waals surface area contributed by atoms with Crippen molar-refractivity contribution in [2.75, 3.05) is 23.7 Å². The second kappa shape index (κ2) is 9.51. The maximum atomic E-state index is 12.8. The molecule has 0 unspecified atom stereocenters. The molecule has 4 amide bonds. The van der Waals surface area contributed by atoms with Gasteiger partial charge < -0.3 is 20.9 Å². The lowest BCUT2D eigenvalue weighted by Gasteiger charge is -2.32. The molecule has 1 aromatic carbocycles. The molecule has 2 aromatic rings. The van der Waals surface area contributed by atoms with E-state index in [-0.39, 0.29) is 23.9 Å². The summed E-state index contributed by atoms with van der Waals surface area (Å²) in [5.74, 6) is -0.215. The molecule has 1 aromatic heterocycles. The van der Waals surface area contributed by atoms with Crippen LogP contribution in [0.25, 0.3) is 0 Å². The van der Waals surface area contributed by atoms with Gasteiger partial charge in [0, 0.05) is 30.2 Å². The van der Waals surface area contributed by atoms with Gasteiger partial charge in [0.25, 0.3) is 5.91 Å². The van der Waals surface area contributed by atoms with Gasteiger partial charge in [0.2, 0.25) is 5.91 Å². The molecule has 0 atom stereocenters. The number of nitrogens with zero attached hydrogens (tertiary/aromatic N) is 1. The summed E-state index contributed by atoms with van der Waals surface area (Å²) >= 11 is 1.29. The summed E-state index contributed by atoms with van der Waals surface area (Å²) in [6.45, 7) is 8.59. The van der Waals surface area contributed by atoms with Crippen LogP contribution in [0.1, 0.15) is 48.8 Å². The molecule has 0 bridgehead atoms. The number of nitrogens with one attached hydrogen (secondary N) is 3. The molecule has 0 aliphatic carbocycles. The van der Waals surface area contributed by atoms with Crippen molar-refractivity contribution >= 4 is 39.9 Å². The van der Waals surface area contributed by atoms with Crippen LogP contribution in [0, 0.1) is 12.3 Å². The van der Waals surface area contributed by atoms with E-state index >= 15 is 0 Å². The first-order chi connectivity index (χ1) is 14.6. The lowest BCUT2D eigenvalue weighted by molar-refractivity contribution is -0.123. The van der Waals surface area contributed by atoms with E-state index in [2.05, 4.69) is 16.0 Å². The predicted octanol–water partition coefficient (Wildman–Crippen LogP) is 4.47. The summed E-state index contributed by atoms with van der Waals surface area (Å²) in [7, 11) is 0. The minimum Gasteiger partial charge on any atom is -0.348 e. The van der Waals surface area contributed by atoms with Crippen molar-refractivity contribution in [2.45, 2.75) is 46.6 Å². The first kappa shape index (κ1) is 22.8. The van der Waals surface area contributed by atoms with Gasteiger partial charge >= 0.3 is 6.03 Å². The van der Waals surface area contributed by atoms with Gasteiger partial charge in [-0.05, 0) is 43.5 Å². The van der Waals surface area contributed by atoms with E-state index in [0.717, 1.165) is 11.3 Å². The monoisotopic (exact) mass is 442 g/mol. The van der Waals surface area contributed by atoms with Crippen LogP contribution in [0.5, 0.6) is 0 Å². The number of para-hydroxylation sites is 1. The number of benzene rings is 1. The number of carbonyl (C=O) groups excluding carboxylic acids is 3. The van der Waals surface area contributed by atoms with Crippen LogP contribution in [-0.2, 0) is 4.79 Å². The minimum atomic E-state index is -0.499. The molecule has 0 spiro atoms. The third kappa shape index (κ3) is 6.07. The Balaban J connectivity index is 1.51. The van der Waals surface area contributed by atoms with Crippen molar-refractivity contribution < 1.29 is 14.4 Å². The predicted molar refractivity (Wildman–Crippen MR) is 125 cm³/mol. The van der Waals surface area contributed by atoms with Crippen molar-refractivity contribution in [3.05, 3.63) is 46.8 Å². The lowest BCUT2D eigenvalue weighted by atomic mass is 9.96. The van der Waals surface area contributed by atoms with Crippen LogP contribution < -0.4 is 16.0 Å². The van der Waals surface area contributed by atoms with E-state index in [4.69, 9.17) is 0 Å². The molecule has 3 N–H and O–H groups in total. The van der Waals surface area contributed by atoms with Gasteiger partial charge in [-0.1, -0.05) is 39.0 Å². The maximum Gasteiger partial charge on any atom is 0.321 e. The van der Waals surface area contributed by atoms with Gasteiger partial charge in [-0.25, -0.2) is 4.79 Å². The molecule has 3 rings (SSSR count). The Hall–Kier alpha value is -2.87. The van der Waals surface area contributed by atoms with E-state index in [1.807, 2.05) is 64.1 Å². The summed E-state index contributed by atoms with van der Waals surface area (Å²) in [5.41, 5.74) is 1.11. The highest BCUT2D eigenvalue weighted by Crippen LogP contribution is 2.28. The van der Waals surface area contributed by atoms with E-state index in [0.29, 0.717) is 35.8 Å². The number of amides is 4. The molecule has 8 heteroatoms. The van der Waals surface area contributed by atoms with Crippen LogP contribution in [-0.4, -0.2) is 41.9 Å². The van der Waals surface area contributed by atoms with Crippen molar-refractivity contribution in [3.8, 4) is 0 Å². The van der Waals surface area contributed by atoms with Crippen LogP contribution >= 0.6 is 11.3 Å². The summed E-state index contributed by atoms with van der Waals surface area (Å²) in [5, 5.41) is 9.54. The van der Waals surface area contributed by atoms with E-state index in [9.17, 15) is 14.4 Å². The second-order valence-electron chi connectivity index (χ2n) is 8.86. The van der Waals surface area contributed by atoms with E-state index in [1.165, 1.54) is 11.3 Å². The van der Waals surface area contributed by atoms with Gasteiger partial charge in [-0.15, -0.1) is 11.3 Å². The number of rotatable bonds is 4. The molecule has 2 heterocycles. The van der Waals surface area contributed by atoms with Crippen molar-refractivity contribution in [2.24, 2.45) is 5.41 Å². The Morgan fingerprint density at radius 3 is 2.29 bits per heavy atom. The maximum absolute atomic E-state index is 12.8. The number of thiophene rings is 1. The number of piperidine rings is 1. The van der Waals surface area contributed by atoms with E-state index < -0.39 is 5.41 Å². The largest absolute Gasteiger partial charge is 0.348 e. The first-order valence-corrected chi connectivity index (χ1v) is 11.3. The molecular weight excluding hydrogens is 412 g/mol. The van der Waals surface area contributed by atoms with Crippen molar-refractivity contribution in [3.63, 3.8) is 0 Å². The topological polar surface area (TPSA) is 90.5 Å². The molecule has 0 saturated carbocycles. The zero-order chi connectivity index (χ0) is 22.6. The minimum absolute atomic E-state index is 0.0161. The number of hydrogen-bond acceptors (Lipinski definition) is 4. The van der Waals surface area contributed by atoms with Crippen LogP contribution in [0.4, 0.5) is 15.5 Å². The van der Waals surface area contributed by atoms with Crippen LogP contribution in [0.2, 0.25) is 0 Å². The quantitative estimate of drug-likeness (QED) is 0.653. The molecule has 0 radical (unpaired) electrons. The second-order valence-corrected chi connectivity index (χ2v) is 9.91. The smallest absolute Gasteiger partial charge is 0.321 e. The number of carbonyl (C=O) groups is 3. The average molecular weight is 443 g/mol. The van der Waals surface area contributed by atoms with Crippen LogP contribution in [0.15, 0.2) is 36.4 Å². The highest BCUT2D eigenvalue weighted by molar-refractivity contribution is 7.18. The molecule has 166 valence electrons. The molecular formula is C23H30N4O3S. The Morgan fingerprint density at radius 1 is 1.03 bits per heavy atom. The number of aryl methyl sites for hydroxylation is 1. The number of urea groups is 1. The highest BCUT2D eigenvalue weighted by atomic mass is 32.1. The molecule has 1 fully saturated rings.